The Hall–Kier alpha value is -4.07. The van der Waals surface area contributed by atoms with Crippen LogP contribution in [0.15, 0.2) is 90.3 Å². The van der Waals surface area contributed by atoms with Crippen LogP contribution in [-0.2, 0) is 6.54 Å². The first-order chi connectivity index (χ1) is 18.7. The average Bonchev–Trinajstić information content (AvgIpc) is 3.54. The summed E-state index contributed by atoms with van der Waals surface area (Å²) >= 11 is 1.47. The number of hydrogen-bond donors (Lipinski definition) is 0. The van der Waals surface area contributed by atoms with E-state index < -0.39 is 0 Å². The molecule has 2 aliphatic rings. The lowest BCUT2D eigenvalue weighted by Crippen LogP contribution is -2.46. The number of aromatic nitrogens is 1. The van der Waals surface area contributed by atoms with Crippen molar-refractivity contribution in [3.8, 4) is 11.3 Å². The van der Waals surface area contributed by atoms with Crippen molar-refractivity contribution in [2.75, 3.05) is 37.6 Å². The average molecular weight is 521 g/mol. The number of amides is 2. The third kappa shape index (κ3) is 4.90. The number of carbonyl (C=O) groups excluding carboxylic acids is 2. The molecule has 0 bridgehead atoms. The first-order valence-corrected chi connectivity index (χ1v) is 13.7. The largest absolute Gasteiger partial charge is 0.368 e. The lowest BCUT2D eigenvalue weighted by Gasteiger charge is -2.36. The van der Waals surface area contributed by atoms with Gasteiger partial charge in [-0.1, -0.05) is 78.9 Å². The van der Waals surface area contributed by atoms with E-state index in [1.165, 1.54) is 21.8 Å². The topological polar surface area (TPSA) is 56.8 Å². The zero-order valence-corrected chi connectivity index (χ0v) is 21.8. The molecule has 3 aromatic carbocycles. The molecule has 6 nitrogen and oxygen atoms in total. The zero-order chi connectivity index (χ0) is 25.9. The van der Waals surface area contributed by atoms with E-state index in [-0.39, 0.29) is 18.4 Å². The molecule has 2 amide bonds. The smallest absolute Gasteiger partial charge is 0.264 e. The molecule has 4 aromatic rings. The van der Waals surface area contributed by atoms with Gasteiger partial charge < -0.3 is 4.90 Å². The molecule has 7 heteroatoms. The first kappa shape index (κ1) is 24.3. The Bertz CT molecular complexity index is 1470. The van der Waals surface area contributed by atoms with Crippen molar-refractivity contribution in [2.24, 2.45) is 0 Å². The van der Waals surface area contributed by atoms with Gasteiger partial charge >= 0.3 is 0 Å². The number of imide groups is 1. The Morgan fingerprint density at radius 2 is 1.55 bits per heavy atom. The van der Waals surface area contributed by atoms with E-state index in [2.05, 4.69) is 34.1 Å². The molecule has 38 heavy (non-hydrogen) atoms. The van der Waals surface area contributed by atoms with Gasteiger partial charge in [-0.2, -0.15) is 0 Å². The molecule has 3 heterocycles. The van der Waals surface area contributed by atoms with Crippen LogP contribution in [0.1, 0.15) is 31.3 Å². The van der Waals surface area contributed by atoms with E-state index in [1.807, 2.05) is 66.0 Å². The number of thiazole rings is 1. The highest BCUT2D eigenvalue weighted by Gasteiger charge is 2.39. The maximum absolute atomic E-state index is 13.5. The monoisotopic (exact) mass is 520 g/mol. The number of fused-ring (bicyclic) bond motifs is 1. The van der Waals surface area contributed by atoms with E-state index in [9.17, 15) is 9.59 Å². The highest BCUT2D eigenvalue weighted by molar-refractivity contribution is 7.10. The second-order valence-electron chi connectivity index (χ2n) is 9.49. The summed E-state index contributed by atoms with van der Waals surface area (Å²) in [5.74, 6) is -0.474. The fourth-order valence-electron chi connectivity index (χ4n) is 5.06. The number of hydrogen-bond acceptors (Lipinski definition) is 6. The molecule has 1 fully saturated rings. The van der Waals surface area contributed by atoms with Gasteiger partial charge in [-0.15, -0.1) is 11.3 Å². The minimum absolute atomic E-state index is 0.185. The molecule has 6 rings (SSSR count). The molecular formula is C31H28N4O2S. The van der Waals surface area contributed by atoms with Crippen molar-refractivity contribution in [1.29, 1.82) is 0 Å². The van der Waals surface area contributed by atoms with Crippen molar-refractivity contribution in [1.82, 2.24) is 14.8 Å². The van der Waals surface area contributed by atoms with E-state index in [0.717, 1.165) is 54.7 Å². The highest BCUT2D eigenvalue weighted by atomic mass is 32.1. The molecular weight excluding hydrogens is 492 g/mol. The molecule has 1 aromatic heterocycles. The molecule has 0 N–H and O–H groups in total. The number of piperazine rings is 1. The Balaban J connectivity index is 1.12. The second-order valence-corrected chi connectivity index (χ2v) is 10.4. The normalized spacial score (nSPS) is 16.0. The summed E-state index contributed by atoms with van der Waals surface area (Å²) in [6.45, 7) is 4.49. The Morgan fingerprint density at radius 3 is 2.32 bits per heavy atom. The maximum atomic E-state index is 13.5. The van der Waals surface area contributed by atoms with Crippen molar-refractivity contribution < 1.29 is 9.59 Å². The van der Waals surface area contributed by atoms with Crippen molar-refractivity contribution in [3.63, 3.8) is 0 Å². The van der Waals surface area contributed by atoms with Crippen molar-refractivity contribution in [3.05, 3.63) is 112 Å². The summed E-state index contributed by atoms with van der Waals surface area (Å²) in [7, 11) is 0. The summed E-state index contributed by atoms with van der Waals surface area (Å²) in [5.41, 5.74) is 4.95. The van der Waals surface area contributed by atoms with E-state index in [1.54, 1.807) is 6.07 Å². The van der Waals surface area contributed by atoms with Gasteiger partial charge in [-0.25, -0.2) is 4.98 Å². The standard InChI is InChI=1S/C31H28N4O2S/c36-30-25-14-7-15-27(34-19-17-33(18-20-34)16-8-11-23-9-3-1-4-10-23)29(25)31(37)35(30)21-28-32-26(22-38-28)24-12-5-2-6-13-24/h1-15,22H,16-21H2/b11-8+. The lowest BCUT2D eigenvalue weighted by atomic mass is 10.1. The van der Waals surface area contributed by atoms with Gasteiger partial charge in [0.2, 0.25) is 0 Å². The quantitative estimate of drug-likeness (QED) is 0.304. The summed E-state index contributed by atoms with van der Waals surface area (Å²) < 4.78 is 0. The molecule has 0 unspecified atom stereocenters. The molecule has 0 spiro atoms. The molecule has 2 aliphatic heterocycles. The number of carbonyl (C=O) groups is 2. The summed E-state index contributed by atoms with van der Waals surface area (Å²) in [4.78, 5) is 37.5. The molecule has 0 radical (unpaired) electrons. The Kier molecular flexibility index (Phi) is 6.86. The van der Waals surface area contributed by atoms with Gasteiger partial charge in [0.25, 0.3) is 11.8 Å². The van der Waals surface area contributed by atoms with E-state index in [4.69, 9.17) is 4.98 Å². The fourth-order valence-corrected chi connectivity index (χ4v) is 5.85. The van der Waals surface area contributed by atoms with Gasteiger partial charge in [0.05, 0.1) is 29.1 Å². The second kappa shape index (κ2) is 10.7. The van der Waals surface area contributed by atoms with Crippen LogP contribution in [0.3, 0.4) is 0 Å². The predicted octanol–water partition coefficient (Wildman–Crippen LogP) is 5.44. The number of anilines is 1. The zero-order valence-electron chi connectivity index (χ0n) is 21.0. The van der Waals surface area contributed by atoms with E-state index in [0.29, 0.717) is 11.1 Å². The number of nitrogens with zero attached hydrogens (tertiary/aromatic N) is 4. The third-order valence-electron chi connectivity index (χ3n) is 7.08. The van der Waals surface area contributed by atoms with Crippen LogP contribution in [0.2, 0.25) is 0 Å². The summed E-state index contributed by atoms with van der Waals surface area (Å²) in [6.07, 6.45) is 4.35. The minimum Gasteiger partial charge on any atom is -0.368 e. The summed E-state index contributed by atoms with van der Waals surface area (Å²) in [5, 5.41) is 2.72. The van der Waals surface area contributed by atoms with Crippen LogP contribution in [0, 0.1) is 0 Å². The van der Waals surface area contributed by atoms with Gasteiger partial charge in [0.1, 0.15) is 5.01 Å². The highest BCUT2D eigenvalue weighted by Crippen LogP contribution is 2.34. The molecule has 0 aliphatic carbocycles. The van der Waals surface area contributed by atoms with E-state index >= 15 is 0 Å². The first-order valence-electron chi connectivity index (χ1n) is 12.9. The third-order valence-corrected chi connectivity index (χ3v) is 7.91. The van der Waals surface area contributed by atoms with Crippen LogP contribution >= 0.6 is 11.3 Å². The Morgan fingerprint density at radius 1 is 0.816 bits per heavy atom. The molecule has 190 valence electrons. The van der Waals surface area contributed by atoms with Crippen molar-refractivity contribution >= 4 is 34.9 Å². The van der Waals surface area contributed by atoms with Gasteiger partial charge in [-0.05, 0) is 17.7 Å². The SMILES string of the molecule is O=C1c2cccc(N3CCN(C/C=C/c4ccccc4)CC3)c2C(=O)N1Cc1nc(-c2ccccc2)cs1. The number of rotatable bonds is 7. The minimum atomic E-state index is -0.243. The maximum Gasteiger partial charge on any atom is 0.264 e. The molecule has 1 saturated heterocycles. The summed E-state index contributed by atoms with van der Waals surface area (Å²) in [6, 6.07) is 25.9. The lowest BCUT2D eigenvalue weighted by molar-refractivity contribution is 0.0642. The van der Waals surface area contributed by atoms with Gasteiger partial charge in [0.15, 0.2) is 0 Å². The van der Waals surface area contributed by atoms with Gasteiger partial charge in [-0.3, -0.25) is 19.4 Å². The predicted molar refractivity (Wildman–Crippen MR) is 152 cm³/mol. The van der Waals surface area contributed by atoms with Crippen LogP contribution in [0.25, 0.3) is 17.3 Å². The van der Waals surface area contributed by atoms with Gasteiger partial charge in [0, 0.05) is 43.7 Å². The molecule has 0 saturated carbocycles. The fraction of sp³-hybridized carbons (Fsp3) is 0.194. The Labute approximate surface area is 226 Å². The van der Waals surface area contributed by atoms with Crippen LogP contribution < -0.4 is 4.90 Å². The van der Waals surface area contributed by atoms with Crippen LogP contribution in [0.5, 0.6) is 0 Å². The number of benzene rings is 3. The van der Waals surface area contributed by atoms with Crippen LogP contribution in [-0.4, -0.2) is 59.3 Å². The van der Waals surface area contributed by atoms with Crippen LogP contribution in [0.4, 0.5) is 5.69 Å². The van der Waals surface area contributed by atoms with Crippen molar-refractivity contribution in [2.45, 2.75) is 6.54 Å². The molecule has 0 atom stereocenters.